The Morgan fingerprint density at radius 1 is 1.07 bits per heavy atom. The van der Waals surface area contributed by atoms with Crippen LogP contribution in [-0.4, -0.2) is 35.4 Å². The Morgan fingerprint density at radius 3 is 2.56 bits per heavy atom. The molecule has 0 saturated heterocycles. The van der Waals surface area contributed by atoms with E-state index in [1.807, 2.05) is 6.07 Å². The summed E-state index contributed by atoms with van der Waals surface area (Å²) in [5.41, 5.74) is 6.79. The van der Waals surface area contributed by atoms with Gasteiger partial charge in [-0.2, -0.15) is 4.98 Å². The van der Waals surface area contributed by atoms with E-state index in [0.717, 1.165) is 0 Å². The van der Waals surface area contributed by atoms with Crippen LogP contribution in [0.1, 0.15) is 0 Å². The van der Waals surface area contributed by atoms with Gasteiger partial charge in [0.15, 0.2) is 23.1 Å². The quantitative estimate of drug-likeness (QED) is 0.639. The van der Waals surface area contributed by atoms with Gasteiger partial charge in [-0.25, -0.2) is 4.98 Å². The number of rotatable bonds is 7. The number of hydrogen-bond acceptors (Lipinski definition) is 7. The molecule has 8 heteroatoms. The summed E-state index contributed by atoms with van der Waals surface area (Å²) < 4.78 is 16.7. The molecule has 0 amide bonds. The lowest BCUT2D eigenvalue weighted by atomic mass is 10.2. The van der Waals surface area contributed by atoms with Crippen molar-refractivity contribution in [3.8, 4) is 34.5 Å². The lowest BCUT2D eigenvalue weighted by Crippen LogP contribution is -2.08. The van der Waals surface area contributed by atoms with E-state index in [1.54, 1.807) is 42.5 Å². The average molecular weight is 388 g/mol. The number of nitrogens with zero attached hydrogens (tertiary/aromatic N) is 2. The van der Waals surface area contributed by atoms with E-state index < -0.39 is 0 Å². The first-order valence-corrected chi connectivity index (χ1v) is 8.48. The van der Waals surface area contributed by atoms with Gasteiger partial charge in [0.1, 0.15) is 6.61 Å². The number of aromatic nitrogens is 2. The molecule has 140 valence electrons. The molecule has 0 radical (unpaired) electrons. The van der Waals surface area contributed by atoms with Gasteiger partial charge in [-0.05, 0) is 24.3 Å². The van der Waals surface area contributed by atoms with E-state index in [0.29, 0.717) is 27.9 Å². The fourth-order valence-electron chi connectivity index (χ4n) is 2.35. The van der Waals surface area contributed by atoms with E-state index in [1.165, 1.54) is 7.11 Å². The molecule has 27 heavy (non-hydrogen) atoms. The Kier molecular flexibility index (Phi) is 5.95. The van der Waals surface area contributed by atoms with E-state index >= 15 is 0 Å². The molecule has 0 aliphatic heterocycles. The van der Waals surface area contributed by atoms with Gasteiger partial charge in [0.05, 0.1) is 13.7 Å². The van der Waals surface area contributed by atoms with E-state index in [4.69, 9.17) is 36.7 Å². The van der Waals surface area contributed by atoms with Crippen molar-refractivity contribution in [1.29, 1.82) is 0 Å². The van der Waals surface area contributed by atoms with Gasteiger partial charge in [0.2, 0.25) is 5.75 Å². The molecule has 1 heterocycles. The summed E-state index contributed by atoms with van der Waals surface area (Å²) in [6.45, 7) is -0.168. The molecular formula is C19H18ClN3O4. The maximum atomic E-state index is 9.10. The van der Waals surface area contributed by atoms with Crippen LogP contribution in [0.4, 0.5) is 5.82 Å². The minimum atomic E-state index is -0.190. The van der Waals surface area contributed by atoms with Crippen LogP contribution in [0, 0.1) is 0 Å². The van der Waals surface area contributed by atoms with Crippen LogP contribution in [0.2, 0.25) is 5.02 Å². The molecule has 0 bridgehead atoms. The predicted molar refractivity (Wildman–Crippen MR) is 103 cm³/mol. The number of nitrogen functional groups attached to an aromatic ring is 1. The van der Waals surface area contributed by atoms with Crippen molar-refractivity contribution in [2.24, 2.45) is 0 Å². The van der Waals surface area contributed by atoms with Crippen LogP contribution in [0.5, 0.6) is 23.1 Å². The second kappa shape index (κ2) is 8.57. The lowest BCUT2D eigenvalue weighted by Gasteiger charge is -2.15. The van der Waals surface area contributed by atoms with Crippen LogP contribution in [-0.2, 0) is 0 Å². The molecule has 3 N–H and O–H groups in total. The first-order valence-electron chi connectivity index (χ1n) is 8.10. The van der Waals surface area contributed by atoms with Crippen molar-refractivity contribution in [2.75, 3.05) is 26.1 Å². The Balaban J connectivity index is 2.04. The van der Waals surface area contributed by atoms with Gasteiger partial charge in [0.25, 0.3) is 5.88 Å². The number of nitrogens with two attached hydrogens (primary N) is 1. The fourth-order valence-corrected chi connectivity index (χ4v) is 2.54. The van der Waals surface area contributed by atoms with Crippen molar-refractivity contribution in [3.05, 3.63) is 53.6 Å². The monoisotopic (exact) mass is 387 g/mol. The fraction of sp³-hybridized carbons (Fsp3) is 0.158. The molecule has 2 aromatic carbocycles. The first kappa shape index (κ1) is 18.8. The van der Waals surface area contributed by atoms with Crippen molar-refractivity contribution in [3.63, 3.8) is 0 Å². The molecule has 0 unspecified atom stereocenters. The van der Waals surface area contributed by atoms with Crippen molar-refractivity contribution in [1.82, 2.24) is 9.97 Å². The number of methoxy groups -OCH3 is 1. The summed E-state index contributed by atoms with van der Waals surface area (Å²) in [5, 5.41) is 9.65. The third-order valence-corrected chi connectivity index (χ3v) is 3.79. The second-order valence-corrected chi connectivity index (χ2v) is 5.84. The van der Waals surface area contributed by atoms with Crippen LogP contribution < -0.4 is 19.9 Å². The van der Waals surface area contributed by atoms with Gasteiger partial charge in [-0.1, -0.05) is 35.9 Å². The van der Waals surface area contributed by atoms with Gasteiger partial charge in [-0.3, -0.25) is 0 Å². The average Bonchev–Trinajstić information content (AvgIpc) is 2.68. The number of halogens is 1. The molecule has 7 nitrogen and oxygen atoms in total. The zero-order valence-electron chi connectivity index (χ0n) is 14.6. The van der Waals surface area contributed by atoms with E-state index in [9.17, 15) is 0 Å². The summed E-state index contributed by atoms with van der Waals surface area (Å²) in [4.78, 5) is 8.69. The summed E-state index contributed by atoms with van der Waals surface area (Å²) in [7, 11) is 1.54. The van der Waals surface area contributed by atoms with Gasteiger partial charge in [0, 0.05) is 10.6 Å². The number of aliphatic hydroxyl groups excluding tert-OH is 1. The SMILES string of the molecule is COc1ccccc1Oc1c(N)nc(-c2cccc(Cl)c2)nc1OCCO. The molecule has 1 aromatic heterocycles. The topological polar surface area (TPSA) is 99.7 Å². The number of aliphatic hydroxyl groups is 1. The standard InChI is InChI=1S/C19H18ClN3O4/c1-25-14-7-2-3-8-15(14)27-16-17(21)22-18(23-19(16)26-10-9-24)12-5-4-6-13(20)11-12/h2-8,11,24H,9-10H2,1H3,(H2,21,22,23). The van der Waals surface area contributed by atoms with Crippen LogP contribution in [0.3, 0.4) is 0 Å². The molecular weight excluding hydrogens is 370 g/mol. The van der Waals surface area contributed by atoms with Crippen LogP contribution in [0.25, 0.3) is 11.4 Å². The minimum Gasteiger partial charge on any atom is -0.493 e. The molecule has 0 saturated carbocycles. The third-order valence-electron chi connectivity index (χ3n) is 3.55. The molecule has 0 atom stereocenters. The summed E-state index contributed by atoms with van der Waals surface area (Å²) in [6.07, 6.45) is 0. The zero-order valence-corrected chi connectivity index (χ0v) is 15.3. The Bertz CT molecular complexity index is 937. The van der Waals surface area contributed by atoms with Crippen molar-refractivity contribution < 1.29 is 19.3 Å². The number of hydrogen-bond donors (Lipinski definition) is 2. The number of anilines is 1. The Labute approximate surface area is 161 Å². The third kappa shape index (κ3) is 4.39. The lowest BCUT2D eigenvalue weighted by molar-refractivity contribution is 0.192. The highest BCUT2D eigenvalue weighted by molar-refractivity contribution is 6.30. The summed E-state index contributed by atoms with van der Waals surface area (Å²) in [5.74, 6) is 1.61. The van der Waals surface area contributed by atoms with Gasteiger partial charge >= 0.3 is 0 Å². The maximum Gasteiger partial charge on any atom is 0.263 e. The van der Waals surface area contributed by atoms with Gasteiger partial charge in [-0.15, -0.1) is 0 Å². The molecule has 0 aliphatic carbocycles. The Morgan fingerprint density at radius 2 is 1.85 bits per heavy atom. The highest BCUT2D eigenvalue weighted by atomic mass is 35.5. The second-order valence-electron chi connectivity index (χ2n) is 5.40. The predicted octanol–water partition coefficient (Wildman–Crippen LogP) is 3.55. The number of ether oxygens (including phenoxy) is 3. The summed E-state index contributed by atoms with van der Waals surface area (Å²) >= 11 is 6.04. The van der Waals surface area contributed by atoms with E-state index in [-0.39, 0.29) is 30.7 Å². The number of benzene rings is 2. The Hall–Kier alpha value is -3.03. The van der Waals surface area contributed by atoms with E-state index in [2.05, 4.69) is 9.97 Å². The maximum absolute atomic E-state index is 9.10. The van der Waals surface area contributed by atoms with Crippen molar-refractivity contribution in [2.45, 2.75) is 0 Å². The largest absolute Gasteiger partial charge is 0.493 e. The molecule has 3 rings (SSSR count). The van der Waals surface area contributed by atoms with Crippen molar-refractivity contribution >= 4 is 17.4 Å². The molecule has 0 fully saturated rings. The number of para-hydroxylation sites is 2. The van der Waals surface area contributed by atoms with Crippen LogP contribution >= 0.6 is 11.6 Å². The minimum absolute atomic E-state index is 0.0216. The highest BCUT2D eigenvalue weighted by Crippen LogP contribution is 2.39. The summed E-state index contributed by atoms with van der Waals surface area (Å²) in [6, 6.07) is 14.1. The first-order chi connectivity index (χ1) is 13.1. The zero-order chi connectivity index (χ0) is 19.2. The van der Waals surface area contributed by atoms with Gasteiger partial charge < -0.3 is 25.1 Å². The molecule has 0 aliphatic rings. The highest BCUT2D eigenvalue weighted by Gasteiger charge is 2.19. The molecule has 3 aromatic rings. The molecule has 0 spiro atoms. The smallest absolute Gasteiger partial charge is 0.263 e. The van der Waals surface area contributed by atoms with Crippen LogP contribution in [0.15, 0.2) is 48.5 Å². The normalized spacial score (nSPS) is 10.5.